The van der Waals surface area contributed by atoms with Crippen molar-refractivity contribution in [3.63, 3.8) is 0 Å². The predicted molar refractivity (Wildman–Crippen MR) is 91.5 cm³/mol. The lowest BCUT2D eigenvalue weighted by atomic mass is 10.1. The van der Waals surface area contributed by atoms with E-state index in [0.29, 0.717) is 5.75 Å². The molecular weight excluding hydrogens is 338 g/mol. The second kappa shape index (κ2) is 7.21. The molecule has 2 heterocycles. The maximum atomic E-state index is 13.2. The van der Waals surface area contributed by atoms with E-state index in [-0.39, 0.29) is 24.3 Å². The molecule has 0 bridgehead atoms. The number of rotatable bonds is 6. The molecule has 0 atom stereocenters. The van der Waals surface area contributed by atoms with Gasteiger partial charge in [-0.1, -0.05) is 17.3 Å². The van der Waals surface area contributed by atoms with Gasteiger partial charge in [-0.25, -0.2) is 13.5 Å². The molecule has 7 heteroatoms. The highest BCUT2D eigenvalue weighted by Crippen LogP contribution is 2.23. The number of likely N-dealkylation sites (tertiary alicyclic amines) is 1. The lowest BCUT2D eigenvalue weighted by Crippen LogP contribution is -2.47. The van der Waals surface area contributed by atoms with Crippen LogP contribution < -0.4 is 4.74 Å². The fourth-order valence-corrected chi connectivity index (χ4v) is 2.98. The zero-order chi connectivity index (χ0) is 17.9. The second-order valence-corrected chi connectivity index (χ2v) is 6.41. The summed E-state index contributed by atoms with van der Waals surface area (Å²) in [5, 5.41) is 8.28. The molecule has 0 unspecified atom stereocenters. The fraction of sp³-hybridized carbons (Fsp3) is 0.263. The third kappa shape index (κ3) is 3.88. The Morgan fingerprint density at radius 2 is 1.85 bits per heavy atom. The summed E-state index contributed by atoms with van der Waals surface area (Å²) in [6.45, 7) is 2.70. The molecule has 5 nitrogen and oxygen atoms in total. The van der Waals surface area contributed by atoms with Crippen LogP contribution in [-0.4, -0.2) is 33.0 Å². The molecule has 0 N–H and O–H groups in total. The maximum Gasteiger partial charge on any atom is 0.134 e. The molecule has 1 fully saturated rings. The predicted octanol–water partition coefficient (Wildman–Crippen LogP) is 3.19. The minimum Gasteiger partial charge on any atom is -0.487 e. The number of hydrogen-bond donors (Lipinski definition) is 0. The molecule has 1 aromatic heterocycles. The summed E-state index contributed by atoms with van der Waals surface area (Å²) < 4.78 is 33.5. The molecule has 2 aromatic carbocycles. The third-order valence-corrected chi connectivity index (χ3v) is 4.37. The zero-order valence-electron chi connectivity index (χ0n) is 14.1. The van der Waals surface area contributed by atoms with E-state index in [4.69, 9.17) is 4.74 Å². The van der Waals surface area contributed by atoms with Gasteiger partial charge in [-0.3, -0.25) is 4.90 Å². The fourth-order valence-electron chi connectivity index (χ4n) is 2.98. The highest BCUT2D eigenvalue weighted by atomic mass is 19.1. The van der Waals surface area contributed by atoms with Crippen molar-refractivity contribution in [2.75, 3.05) is 13.1 Å². The van der Waals surface area contributed by atoms with Crippen molar-refractivity contribution in [3.8, 4) is 5.75 Å². The monoisotopic (exact) mass is 356 g/mol. The van der Waals surface area contributed by atoms with Crippen LogP contribution in [0.1, 0.15) is 17.3 Å². The number of ether oxygens (including phenoxy) is 1. The first-order valence-electron chi connectivity index (χ1n) is 8.41. The summed E-state index contributed by atoms with van der Waals surface area (Å²) in [4.78, 5) is 2.23. The summed E-state index contributed by atoms with van der Waals surface area (Å²) in [6, 6.07) is 12.8. The lowest BCUT2D eigenvalue weighted by Gasteiger charge is -2.38. The van der Waals surface area contributed by atoms with E-state index < -0.39 is 0 Å². The van der Waals surface area contributed by atoms with Crippen molar-refractivity contribution in [1.82, 2.24) is 19.9 Å². The number of aromatic nitrogens is 3. The van der Waals surface area contributed by atoms with Gasteiger partial charge in [0.05, 0.1) is 12.2 Å². The van der Waals surface area contributed by atoms with Crippen LogP contribution in [0.3, 0.4) is 0 Å². The van der Waals surface area contributed by atoms with Gasteiger partial charge in [0.15, 0.2) is 0 Å². The third-order valence-electron chi connectivity index (χ3n) is 4.37. The maximum absolute atomic E-state index is 13.2. The molecule has 3 aromatic rings. The van der Waals surface area contributed by atoms with Crippen LogP contribution in [0.5, 0.6) is 5.75 Å². The lowest BCUT2D eigenvalue weighted by molar-refractivity contribution is 0.0895. The molecule has 4 rings (SSSR count). The molecule has 0 radical (unpaired) electrons. The van der Waals surface area contributed by atoms with Gasteiger partial charge in [-0.05, 0) is 42.0 Å². The van der Waals surface area contributed by atoms with Crippen molar-refractivity contribution in [3.05, 3.63) is 77.6 Å². The number of benzene rings is 2. The van der Waals surface area contributed by atoms with Gasteiger partial charge < -0.3 is 4.74 Å². The van der Waals surface area contributed by atoms with Crippen molar-refractivity contribution >= 4 is 0 Å². The van der Waals surface area contributed by atoms with Gasteiger partial charge in [0, 0.05) is 19.6 Å². The first kappa shape index (κ1) is 16.7. The van der Waals surface area contributed by atoms with Crippen LogP contribution >= 0.6 is 0 Å². The van der Waals surface area contributed by atoms with E-state index in [1.54, 1.807) is 24.3 Å². The van der Waals surface area contributed by atoms with Gasteiger partial charge in [-0.15, -0.1) is 5.10 Å². The summed E-state index contributed by atoms with van der Waals surface area (Å²) in [5.41, 5.74) is 1.69. The molecular formula is C19H18F2N4O. The standard InChI is InChI=1S/C19H18F2N4O/c20-15-4-6-19(7-5-15)26-13-17-10-25(23-22-17)18-11-24(12-18)9-14-2-1-3-16(21)8-14/h1-8,10,18H,9,11-13H2. The highest BCUT2D eigenvalue weighted by Gasteiger charge is 2.29. The topological polar surface area (TPSA) is 43.2 Å². The van der Waals surface area contributed by atoms with Gasteiger partial charge >= 0.3 is 0 Å². The Morgan fingerprint density at radius 1 is 1.04 bits per heavy atom. The minimum atomic E-state index is -0.295. The average molecular weight is 356 g/mol. The summed E-state index contributed by atoms with van der Waals surface area (Å²) >= 11 is 0. The van der Waals surface area contributed by atoms with Gasteiger partial charge in [-0.2, -0.15) is 0 Å². The number of hydrogen-bond acceptors (Lipinski definition) is 4. The van der Waals surface area contributed by atoms with Crippen molar-refractivity contribution < 1.29 is 13.5 Å². The van der Waals surface area contributed by atoms with Crippen molar-refractivity contribution in [2.45, 2.75) is 19.2 Å². The van der Waals surface area contributed by atoms with Crippen LogP contribution in [-0.2, 0) is 13.2 Å². The van der Waals surface area contributed by atoms with Crippen LogP contribution in [0.4, 0.5) is 8.78 Å². The Morgan fingerprint density at radius 3 is 2.62 bits per heavy atom. The molecule has 26 heavy (non-hydrogen) atoms. The Hall–Kier alpha value is -2.80. The first-order valence-corrected chi connectivity index (χ1v) is 8.41. The SMILES string of the molecule is Fc1ccc(OCc2cn(C3CN(Cc4cccc(F)c4)C3)nn2)cc1. The molecule has 1 aliphatic rings. The van der Waals surface area contributed by atoms with E-state index in [1.165, 1.54) is 18.2 Å². The molecule has 0 saturated carbocycles. The quantitative estimate of drug-likeness (QED) is 0.680. The summed E-state index contributed by atoms with van der Waals surface area (Å²) in [5.74, 6) is 0.0866. The van der Waals surface area contributed by atoms with E-state index in [1.807, 2.05) is 16.9 Å². The summed E-state index contributed by atoms with van der Waals surface area (Å²) in [6.07, 6.45) is 1.87. The van der Waals surface area contributed by atoms with Gasteiger partial charge in [0.1, 0.15) is 29.7 Å². The molecule has 0 spiro atoms. The minimum absolute atomic E-state index is 0.207. The van der Waals surface area contributed by atoms with Crippen molar-refractivity contribution in [2.24, 2.45) is 0 Å². The average Bonchev–Trinajstić information content (AvgIpc) is 3.06. The largest absolute Gasteiger partial charge is 0.487 e. The first-order chi connectivity index (χ1) is 12.7. The molecule has 0 aliphatic carbocycles. The van der Waals surface area contributed by atoms with E-state index in [0.717, 1.165) is 30.9 Å². The van der Waals surface area contributed by atoms with Crippen LogP contribution in [0.15, 0.2) is 54.7 Å². The molecule has 0 amide bonds. The zero-order valence-corrected chi connectivity index (χ0v) is 14.1. The summed E-state index contributed by atoms with van der Waals surface area (Å²) in [7, 11) is 0. The Labute approximate surface area is 149 Å². The Balaban J connectivity index is 1.27. The van der Waals surface area contributed by atoms with Crippen LogP contribution in [0, 0.1) is 11.6 Å². The highest BCUT2D eigenvalue weighted by molar-refractivity contribution is 5.22. The smallest absolute Gasteiger partial charge is 0.134 e. The Kier molecular flexibility index (Phi) is 4.62. The van der Waals surface area contributed by atoms with Gasteiger partial charge in [0.25, 0.3) is 0 Å². The Bertz CT molecular complexity index is 875. The normalized spacial score (nSPS) is 15.0. The number of nitrogens with zero attached hydrogens (tertiary/aromatic N) is 4. The van der Waals surface area contributed by atoms with E-state index >= 15 is 0 Å². The second-order valence-electron chi connectivity index (χ2n) is 6.41. The van der Waals surface area contributed by atoms with E-state index in [9.17, 15) is 8.78 Å². The van der Waals surface area contributed by atoms with Gasteiger partial charge in [0.2, 0.25) is 0 Å². The molecule has 1 saturated heterocycles. The van der Waals surface area contributed by atoms with Crippen molar-refractivity contribution in [1.29, 1.82) is 0 Å². The molecule has 134 valence electrons. The van der Waals surface area contributed by atoms with E-state index in [2.05, 4.69) is 15.2 Å². The van der Waals surface area contributed by atoms with Crippen LogP contribution in [0.25, 0.3) is 0 Å². The molecule has 1 aliphatic heterocycles. The van der Waals surface area contributed by atoms with Crippen LogP contribution in [0.2, 0.25) is 0 Å². The number of halogens is 2.